The van der Waals surface area contributed by atoms with Crippen LogP contribution < -0.4 is 10.7 Å². The third-order valence-electron chi connectivity index (χ3n) is 3.99. The van der Waals surface area contributed by atoms with E-state index in [0.717, 1.165) is 30.8 Å². The van der Waals surface area contributed by atoms with Crippen molar-refractivity contribution in [1.82, 2.24) is 9.99 Å². The Bertz CT molecular complexity index is 730. The molecule has 22 heavy (non-hydrogen) atoms. The van der Waals surface area contributed by atoms with Gasteiger partial charge in [0.2, 0.25) is 0 Å². The summed E-state index contributed by atoms with van der Waals surface area (Å²) in [6.45, 7) is 5.21. The summed E-state index contributed by atoms with van der Waals surface area (Å²) in [7, 11) is 0. The van der Waals surface area contributed by atoms with Crippen LogP contribution in [0, 0.1) is 6.92 Å². The summed E-state index contributed by atoms with van der Waals surface area (Å²) in [6.07, 6.45) is 3.99. The first-order valence-corrected chi connectivity index (χ1v) is 7.97. The van der Waals surface area contributed by atoms with Crippen molar-refractivity contribution < 1.29 is 0 Å². The minimum atomic E-state index is 0.529. The second-order valence-electron chi connectivity index (χ2n) is 5.42. The highest BCUT2D eigenvalue weighted by Crippen LogP contribution is 2.21. The molecule has 2 heterocycles. The molecule has 0 saturated heterocycles. The van der Waals surface area contributed by atoms with Crippen LogP contribution in [0.4, 0.5) is 5.69 Å². The maximum atomic E-state index is 5.38. The second-order valence-corrected chi connectivity index (χ2v) is 5.83. The molecule has 1 aliphatic rings. The number of hydrogen-bond acceptors (Lipinski definition) is 2. The van der Waals surface area contributed by atoms with Gasteiger partial charge in [-0.1, -0.05) is 25.1 Å². The zero-order valence-electron chi connectivity index (χ0n) is 12.9. The van der Waals surface area contributed by atoms with Gasteiger partial charge in [-0.05, 0) is 48.8 Å². The minimum Gasteiger partial charge on any atom is -0.346 e. The van der Waals surface area contributed by atoms with Crippen molar-refractivity contribution in [3.8, 4) is 0 Å². The number of hydrazone groups is 1. The standard InChI is InChI=1S/C17H20N4S/c1-3-13-7-4-6-12(2)16(13)18-17(22)20-19-14-9-11-21-10-5-8-15(14)21/h4-8,10H,3,9,11H2,1-2H3,(H2,18,20,22). The summed E-state index contributed by atoms with van der Waals surface area (Å²) < 4.78 is 2.20. The van der Waals surface area contributed by atoms with Gasteiger partial charge in [-0.15, -0.1) is 0 Å². The highest BCUT2D eigenvalue weighted by molar-refractivity contribution is 7.80. The van der Waals surface area contributed by atoms with E-state index in [0.29, 0.717) is 5.11 Å². The lowest BCUT2D eigenvalue weighted by atomic mass is 10.1. The molecule has 1 aromatic heterocycles. The molecule has 5 heteroatoms. The van der Waals surface area contributed by atoms with E-state index in [1.54, 1.807) is 0 Å². The molecule has 1 aliphatic heterocycles. The van der Waals surface area contributed by atoms with E-state index in [-0.39, 0.29) is 0 Å². The fourth-order valence-electron chi connectivity index (χ4n) is 2.80. The largest absolute Gasteiger partial charge is 0.346 e. The number of fused-ring (bicyclic) bond motifs is 1. The Hall–Kier alpha value is -2.14. The number of nitrogens with one attached hydrogen (secondary N) is 2. The van der Waals surface area contributed by atoms with Crippen LogP contribution in [0.1, 0.15) is 30.2 Å². The summed E-state index contributed by atoms with van der Waals surface area (Å²) in [5.41, 5.74) is 8.72. The summed E-state index contributed by atoms with van der Waals surface area (Å²) in [5, 5.41) is 8.27. The number of hydrogen-bond donors (Lipinski definition) is 2. The quantitative estimate of drug-likeness (QED) is 0.674. The molecule has 3 rings (SSSR count). The van der Waals surface area contributed by atoms with E-state index in [9.17, 15) is 0 Å². The molecule has 0 atom stereocenters. The molecule has 0 unspecified atom stereocenters. The van der Waals surface area contributed by atoms with Crippen molar-refractivity contribution >= 4 is 28.7 Å². The fraction of sp³-hybridized carbons (Fsp3) is 0.294. The maximum Gasteiger partial charge on any atom is 0.191 e. The summed E-state index contributed by atoms with van der Waals surface area (Å²) >= 11 is 5.38. The monoisotopic (exact) mass is 312 g/mol. The summed E-state index contributed by atoms with van der Waals surface area (Å²) in [5.74, 6) is 0. The van der Waals surface area contributed by atoms with Crippen LogP contribution in [0.25, 0.3) is 0 Å². The number of rotatable bonds is 3. The van der Waals surface area contributed by atoms with Crippen LogP contribution in [0.2, 0.25) is 0 Å². The van der Waals surface area contributed by atoms with Gasteiger partial charge >= 0.3 is 0 Å². The Labute approximate surface area is 136 Å². The summed E-state index contributed by atoms with van der Waals surface area (Å²) in [6, 6.07) is 10.4. The lowest BCUT2D eigenvalue weighted by Crippen LogP contribution is -2.26. The van der Waals surface area contributed by atoms with Gasteiger partial charge in [0.1, 0.15) is 0 Å². The number of aromatic nitrogens is 1. The van der Waals surface area contributed by atoms with Gasteiger partial charge in [-0.2, -0.15) is 5.10 Å². The number of nitrogens with zero attached hydrogens (tertiary/aromatic N) is 2. The zero-order valence-corrected chi connectivity index (χ0v) is 13.7. The fourth-order valence-corrected chi connectivity index (χ4v) is 2.95. The van der Waals surface area contributed by atoms with Crippen LogP contribution in [0.15, 0.2) is 41.6 Å². The first-order valence-electron chi connectivity index (χ1n) is 7.56. The average molecular weight is 312 g/mol. The molecule has 0 amide bonds. The summed E-state index contributed by atoms with van der Waals surface area (Å²) in [4.78, 5) is 0. The van der Waals surface area contributed by atoms with Gasteiger partial charge in [-0.25, -0.2) is 0 Å². The highest BCUT2D eigenvalue weighted by Gasteiger charge is 2.16. The van der Waals surface area contributed by atoms with Crippen molar-refractivity contribution in [3.63, 3.8) is 0 Å². The average Bonchev–Trinajstić information content (AvgIpc) is 3.11. The van der Waals surface area contributed by atoms with Gasteiger partial charge in [0, 0.05) is 24.8 Å². The number of aryl methyl sites for hydroxylation is 3. The van der Waals surface area contributed by atoms with Gasteiger partial charge in [0.05, 0.1) is 11.4 Å². The smallest absolute Gasteiger partial charge is 0.191 e. The molecule has 0 aliphatic carbocycles. The van der Waals surface area contributed by atoms with E-state index in [4.69, 9.17) is 12.2 Å². The molecular formula is C17H20N4S. The predicted octanol–water partition coefficient (Wildman–Crippen LogP) is 3.45. The van der Waals surface area contributed by atoms with E-state index >= 15 is 0 Å². The molecule has 0 spiro atoms. The molecule has 1 aromatic carbocycles. The maximum absolute atomic E-state index is 5.38. The molecule has 114 valence electrons. The Balaban J connectivity index is 1.70. The highest BCUT2D eigenvalue weighted by atomic mass is 32.1. The van der Waals surface area contributed by atoms with Gasteiger partial charge in [0.15, 0.2) is 5.11 Å². The van der Waals surface area contributed by atoms with Crippen LogP contribution in [0.3, 0.4) is 0 Å². The lowest BCUT2D eigenvalue weighted by molar-refractivity contribution is 0.770. The number of benzene rings is 1. The molecule has 2 N–H and O–H groups in total. The van der Waals surface area contributed by atoms with E-state index in [1.165, 1.54) is 16.8 Å². The van der Waals surface area contributed by atoms with E-state index in [2.05, 4.69) is 64.7 Å². The predicted molar refractivity (Wildman–Crippen MR) is 95.5 cm³/mol. The first kappa shape index (κ1) is 14.8. The van der Waals surface area contributed by atoms with Gasteiger partial charge in [0.25, 0.3) is 0 Å². The molecule has 4 nitrogen and oxygen atoms in total. The molecule has 0 saturated carbocycles. The third kappa shape index (κ3) is 2.90. The van der Waals surface area contributed by atoms with Crippen molar-refractivity contribution in [2.24, 2.45) is 5.10 Å². The first-order chi connectivity index (χ1) is 10.7. The topological polar surface area (TPSA) is 41.4 Å². The number of para-hydroxylation sites is 1. The third-order valence-corrected chi connectivity index (χ3v) is 4.18. The van der Waals surface area contributed by atoms with Crippen molar-refractivity contribution in [1.29, 1.82) is 0 Å². The Morgan fingerprint density at radius 3 is 3.00 bits per heavy atom. The van der Waals surface area contributed by atoms with Gasteiger partial charge in [-0.3, -0.25) is 5.43 Å². The van der Waals surface area contributed by atoms with Gasteiger partial charge < -0.3 is 9.88 Å². The SMILES string of the molecule is CCc1cccc(C)c1NC(=S)NN=C1CCn2cccc21. The molecular weight excluding hydrogens is 292 g/mol. The van der Waals surface area contributed by atoms with Crippen molar-refractivity contribution in [2.45, 2.75) is 33.2 Å². The van der Waals surface area contributed by atoms with Crippen LogP contribution in [-0.2, 0) is 13.0 Å². The van der Waals surface area contributed by atoms with Crippen LogP contribution in [-0.4, -0.2) is 15.4 Å². The molecule has 0 bridgehead atoms. The minimum absolute atomic E-state index is 0.529. The van der Waals surface area contributed by atoms with Crippen LogP contribution >= 0.6 is 12.2 Å². The molecule has 2 aromatic rings. The number of thiocarbonyl (C=S) groups is 1. The molecule has 0 fully saturated rings. The Morgan fingerprint density at radius 1 is 1.32 bits per heavy atom. The second kappa shape index (κ2) is 6.32. The van der Waals surface area contributed by atoms with E-state index < -0.39 is 0 Å². The normalized spacial score (nSPS) is 14.9. The number of anilines is 1. The van der Waals surface area contributed by atoms with Crippen molar-refractivity contribution in [3.05, 3.63) is 53.3 Å². The molecule has 0 radical (unpaired) electrons. The lowest BCUT2D eigenvalue weighted by Gasteiger charge is -2.14. The van der Waals surface area contributed by atoms with E-state index in [1.807, 2.05) is 6.07 Å². The Kier molecular flexibility index (Phi) is 4.24. The Morgan fingerprint density at radius 2 is 2.18 bits per heavy atom. The van der Waals surface area contributed by atoms with Crippen molar-refractivity contribution in [2.75, 3.05) is 5.32 Å². The van der Waals surface area contributed by atoms with Crippen LogP contribution in [0.5, 0.6) is 0 Å². The zero-order chi connectivity index (χ0) is 15.5.